The molecule has 2 rings (SSSR count). The number of thioether (sulfide) groups is 1. The van der Waals surface area contributed by atoms with E-state index in [0.717, 1.165) is 29.1 Å². The van der Waals surface area contributed by atoms with Gasteiger partial charge in [-0.2, -0.15) is 0 Å². The summed E-state index contributed by atoms with van der Waals surface area (Å²) in [5.74, 6) is -0.155. The van der Waals surface area contributed by atoms with Gasteiger partial charge in [-0.05, 0) is 24.0 Å². The van der Waals surface area contributed by atoms with Crippen molar-refractivity contribution in [1.82, 2.24) is 0 Å². The number of phenols is 1. The summed E-state index contributed by atoms with van der Waals surface area (Å²) in [6, 6.07) is 3.70. The zero-order valence-electron chi connectivity index (χ0n) is 18.1. The summed E-state index contributed by atoms with van der Waals surface area (Å²) >= 11 is 1.20. The molecule has 0 heterocycles. The number of hydrogen-bond donors (Lipinski definition) is 4. The van der Waals surface area contributed by atoms with Crippen LogP contribution in [-0.2, 0) is 10.2 Å². The molecule has 6 nitrogen and oxygen atoms in total. The van der Waals surface area contributed by atoms with Crippen LogP contribution in [0.1, 0.15) is 46.1 Å². The molecule has 0 aliphatic heterocycles. The van der Waals surface area contributed by atoms with Gasteiger partial charge < -0.3 is 25.7 Å². The molecule has 0 saturated heterocycles. The molecule has 1 aromatic rings. The van der Waals surface area contributed by atoms with Gasteiger partial charge in [0.15, 0.2) is 0 Å². The SMILES string of the molecule is CCCCOc1cc(NCC2C=CC(SCC(=O)O)=CC2=N)c(O)c(C(C)(C)C)c1. The number of carboxylic acids is 1. The standard InChI is InChI=1S/C23H32N2O4S/c1-5-6-9-29-16-10-18(23(2,3)4)22(28)20(11-16)25-13-15-7-8-17(12-19(15)24)30-14-21(26)27/h7-8,10-12,15,24-25,28H,5-6,9,13-14H2,1-4H3,(H,26,27). The lowest BCUT2D eigenvalue weighted by Gasteiger charge is -2.25. The van der Waals surface area contributed by atoms with Gasteiger partial charge in [0.25, 0.3) is 0 Å². The second kappa shape index (κ2) is 10.6. The monoisotopic (exact) mass is 432 g/mol. The number of ether oxygens (including phenoxy) is 1. The fourth-order valence-corrected chi connectivity index (χ4v) is 3.66. The van der Waals surface area contributed by atoms with Crippen LogP contribution in [-0.4, -0.2) is 40.8 Å². The summed E-state index contributed by atoms with van der Waals surface area (Å²) in [5.41, 5.74) is 1.55. The van der Waals surface area contributed by atoms with E-state index in [-0.39, 0.29) is 22.8 Å². The lowest BCUT2D eigenvalue weighted by molar-refractivity contribution is -0.133. The van der Waals surface area contributed by atoms with Gasteiger partial charge in [-0.1, -0.05) is 46.3 Å². The Morgan fingerprint density at radius 3 is 2.67 bits per heavy atom. The highest BCUT2D eigenvalue weighted by Crippen LogP contribution is 2.40. The Kier molecular flexibility index (Phi) is 8.41. The molecule has 0 fully saturated rings. The minimum atomic E-state index is -0.879. The first-order valence-corrected chi connectivity index (χ1v) is 11.2. The number of aliphatic carboxylic acids is 1. The number of nitrogens with one attached hydrogen (secondary N) is 2. The first-order valence-electron chi connectivity index (χ1n) is 10.2. The van der Waals surface area contributed by atoms with E-state index >= 15 is 0 Å². The summed E-state index contributed by atoms with van der Waals surface area (Å²) in [7, 11) is 0. The van der Waals surface area contributed by atoms with E-state index in [1.807, 2.05) is 39.0 Å². The predicted octanol–water partition coefficient (Wildman–Crippen LogP) is 5.19. The normalized spacial score (nSPS) is 16.3. The Hall–Kier alpha value is -2.41. The first kappa shape index (κ1) is 23.9. The van der Waals surface area contributed by atoms with E-state index in [2.05, 4.69) is 12.2 Å². The molecule has 30 heavy (non-hydrogen) atoms. The smallest absolute Gasteiger partial charge is 0.313 e. The number of rotatable bonds is 10. The summed E-state index contributed by atoms with van der Waals surface area (Å²) in [4.78, 5) is 11.5. The maximum absolute atomic E-state index is 10.8. The molecular weight excluding hydrogens is 400 g/mol. The molecule has 0 aromatic heterocycles. The van der Waals surface area contributed by atoms with Crippen molar-refractivity contribution in [3.05, 3.63) is 40.8 Å². The van der Waals surface area contributed by atoms with Crippen molar-refractivity contribution >= 4 is 29.1 Å². The Morgan fingerprint density at radius 1 is 1.33 bits per heavy atom. The zero-order chi connectivity index (χ0) is 22.3. The molecule has 0 radical (unpaired) electrons. The molecule has 1 atom stereocenters. The highest BCUT2D eigenvalue weighted by molar-refractivity contribution is 8.03. The number of benzene rings is 1. The fraction of sp³-hybridized carbons (Fsp3) is 0.478. The summed E-state index contributed by atoms with van der Waals surface area (Å²) in [6.07, 6.45) is 7.45. The van der Waals surface area contributed by atoms with Crippen molar-refractivity contribution in [1.29, 1.82) is 5.41 Å². The van der Waals surface area contributed by atoms with Gasteiger partial charge in [0.2, 0.25) is 0 Å². The lowest BCUT2D eigenvalue weighted by atomic mass is 9.85. The van der Waals surface area contributed by atoms with E-state index in [1.165, 1.54) is 11.8 Å². The van der Waals surface area contributed by atoms with Gasteiger partial charge in [-0.25, -0.2) is 0 Å². The number of aromatic hydroxyl groups is 1. The summed E-state index contributed by atoms with van der Waals surface area (Å²) in [5, 5.41) is 31.1. The third kappa shape index (κ3) is 6.83. The molecule has 1 aliphatic rings. The van der Waals surface area contributed by atoms with Crippen molar-refractivity contribution in [3.8, 4) is 11.5 Å². The van der Waals surface area contributed by atoms with Gasteiger partial charge in [0.05, 0.1) is 18.0 Å². The third-order valence-corrected chi connectivity index (χ3v) is 5.70. The first-order chi connectivity index (χ1) is 14.1. The largest absolute Gasteiger partial charge is 0.505 e. The van der Waals surface area contributed by atoms with Crippen molar-refractivity contribution in [2.45, 2.75) is 46.0 Å². The van der Waals surface area contributed by atoms with Gasteiger partial charge >= 0.3 is 5.97 Å². The Morgan fingerprint density at radius 2 is 2.07 bits per heavy atom. The maximum Gasteiger partial charge on any atom is 0.313 e. The van der Waals surface area contributed by atoms with Crippen LogP contribution in [0.4, 0.5) is 5.69 Å². The quantitative estimate of drug-likeness (QED) is 0.300. The average molecular weight is 433 g/mol. The van der Waals surface area contributed by atoms with E-state index in [9.17, 15) is 9.90 Å². The van der Waals surface area contributed by atoms with Gasteiger partial charge in [0, 0.05) is 34.7 Å². The third-order valence-electron chi connectivity index (χ3n) is 4.72. The minimum absolute atomic E-state index is 0.0271. The summed E-state index contributed by atoms with van der Waals surface area (Å²) in [6.45, 7) is 9.31. The molecule has 0 spiro atoms. The predicted molar refractivity (Wildman–Crippen MR) is 124 cm³/mol. The number of carboxylic acid groups (broad SMARTS) is 1. The zero-order valence-corrected chi connectivity index (χ0v) is 18.9. The fourth-order valence-electron chi connectivity index (χ4n) is 2.99. The second-order valence-corrected chi connectivity index (χ2v) is 9.40. The maximum atomic E-state index is 10.8. The number of phenolic OH excluding ortho intramolecular Hbond substituents is 1. The van der Waals surface area contributed by atoms with Crippen LogP contribution in [0.5, 0.6) is 11.5 Å². The lowest BCUT2D eigenvalue weighted by Crippen LogP contribution is -2.22. The summed E-state index contributed by atoms with van der Waals surface area (Å²) < 4.78 is 5.88. The van der Waals surface area contributed by atoms with Crippen LogP contribution in [0, 0.1) is 11.3 Å². The molecule has 0 saturated carbocycles. The van der Waals surface area contributed by atoms with E-state index in [0.29, 0.717) is 24.6 Å². The highest BCUT2D eigenvalue weighted by Gasteiger charge is 2.23. The number of allylic oxidation sites excluding steroid dienone is 2. The number of hydrogen-bond acceptors (Lipinski definition) is 6. The van der Waals surface area contributed by atoms with Gasteiger partial charge in [0.1, 0.15) is 11.5 Å². The molecule has 0 bridgehead atoms. The van der Waals surface area contributed by atoms with Crippen LogP contribution < -0.4 is 10.1 Å². The van der Waals surface area contributed by atoms with Crippen LogP contribution in [0.15, 0.2) is 35.3 Å². The van der Waals surface area contributed by atoms with E-state index < -0.39 is 5.97 Å². The number of anilines is 1. The molecule has 7 heteroatoms. The molecule has 164 valence electrons. The second-order valence-electron chi connectivity index (χ2n) is 8.35. The van der Waals surface area contributed by atoms with Crippen molar-refractivity contribution in [2.75, 3.05) is 24.2 Å². The van der Waals surface area contributed by atoms with Crippen LogP contribution in [0.25, 0.3) is 0 Å². The molecule has 0 amide bonds. The molecular formula is C23H32N2O4S. The molecule has 1 aliphatic carbocycles. The van der Waals surface area contributed by atoms with Crippen LogP contribution >= 0.6 is 11.8 Å². The number of unbranched alkanes of at least 4 members (excludes halogenated alkanes) is 1. The van der Waals surface area contributed by atoms with Crippen molar-refractivity contribution in [3.63, 3.8) is 0 Å². The molecule has 1 unspecified atom stereocenters. The van der Waals surface area contributed by atoms with E-state index in [1.54, 1.807) is 12.1 Å². The van der Waals surface area contributed by atoms with Crippen molar-refractivity contribution in [2.24, 2.45) is 5.92 Å². The topological polar surface area (TPSA) is 103 Å². The van der Waals surface area contributed by atoms with Gasteiger partial charge in [-0.3, -0.25) is 4.79 Å². The Labute approximate surface area is 182 Å². The average Bonchev–Trinajstić information content (AvgIpc) is 2.66. The Bertz CT molecular complexity index is 840. The van der Waals surface area contributed by atoms with Crippen molar-refractivity contribution < 1.29 is 19.7 Å². The minimum Gasteiger partial charge on any atom is -0.505 e. The van der Waals surface area contributed by atoms with Gasteiger partial charge in [-0.15, -0.1) is 11.8 Å². The Balaban J connectivity index is 2.12. The van der Waals surface area contributed by atoms with Crippen LogP contribution in [0.3, 0.4) is 0 Å². The molecule has 4 N–H and O–H groups in total. The molecule has 1 aromatic carbocycles. The van der Waals surface area contributed by atoms with E-state index in [4.69, 9.17) is 15.3 Å². The number of carbonyl (C=O) groups is 1. The van der Waals surface area contributed by atoms with Crippen LogP contribution in [0.2, 0.25) is 0 Å². The highest BCUT2D eigenvalue weighted by atomic mass is 32.2.